The fraction of sp³-hybridized carbons (Fsp3) is 0.153. The van der Waals surface area contributed by atoms with Crippen LogP contribution in [0.1, 0.15) is 58.2 Å². The van der Waals surface area contributed by atoms with Gasteiger partial charge in [-0.15, -0.1) is 0 Å². The maximum absolute atomic E-state index is 6.92. The van der Waals surface area contributed by atoms with Crippen LogP contribution in [0.3, 0.4) is 0 Å². The van der Waals surface area contributed by atoms with Crippen molar-refractivity contribution in [2.75, 3.05) is 9.80 Å². The van der Waals surface area contributed by atoms with Gasteiger partial charge in [0, 0.05) is 44.8 Å². The van der Waals surface area contributed by atoms with Crippen molar-refractivity contribution in [2.45, 2.75) is 59.3 Å². The monoisotopic (exact) mass is 802 g/mol. The van der Waals surface area contributed by atoms with Crippen LogP contribution in [0.25, 0.3) is 65.7 Å². The number of para-hydroxylation sites is 4. The minimum Gasteiger partial charge on any atom is -0.454 e. The molecule has 10 aromatic rings. The van der Waals surface area contributed by atoms with E-state index in [0.717, 1.165) is 50.4 Å². The van der Waals surface area contributed by atoms with Crippen molar-refractivity contribution in [1.29, 1.82) is 0 Å². The van der Waals surface area contributed by atoms with E-state index >= 15 is 0 Å². The number of hydrogen-bond acceptors (Lipinski definition) is 3. The second-order valence-electron chi connectivity index (χ2n) is 19.1. The van der Waals surface area contributed by atoms with Gasteiger partial charge in [0.15, 0.2) is 5.58 Å². The van der Waals surface area contributed by atoms with Gasteiger partial charge in [-0.25, -0.2) is 0 Å². The van der Waals surface area contributed by atoms with Crippen LogP contribution < -0.4 is 9.80 Å². The molecule has 11 rings (SSSR count). The van der Waals surface area contributed by atoms with Crippen LogP contribution in [-0.4, -0.2) is 0 Å². The number of anilines is 6. The summed E-state index contributed by atoms with van der Waals surface area (Å²) in [4.78, 5) is 4.76. The smallest absolute Gasteiger partial charge is 0.159 e. The van der Waals surface area contributed by atoms with Crippen molar-refractivity contribution in [3.63, 3.8) is 0 Å². The van der Waals surface area contributed by atoms with Gasteiger partial charge in [0.1, 0.15) is 5.58 Å². The molecule has 0 saturated heterocycles. The van der Waals surface area contributed by atoms with Crippen molar-refractivity contribution >= 4 is 77.6 Å². The van der Waals surface area contributed by atoms with Crippen molar-refractivity contribution in [2.24, 2.45) is 0 Å². The number of furan rings is 1. The van der Waals surface area contributed by atoms with Gasteiger partial charge in [0.25, 0.3) is 0 Å². The van der Waals surface area contributed by atoms with E-state index in [1.165, 1.54) is 66.2 Å². The van der Waals surface area contributed by atoms with E-state index in [4.69, 9.17) is 4.42 Å². The lowest BCUT2D eigenvalue weighted by molar-refractivity contribution is 0.573. The Balaban J connectivity index is 1.02. The van der Waals surface area contributed by atoms with Gasteiger partial charge in [-0.2, -0.15) is 0 Å². The molecule has 302 valence electrons. The van der Waals surface area contributed by atoms with E-state index in [1.54, 1.807) is 0 Å². The molecule has 0 spiro atoms. The summed E-state index contributed by atoms with van der Waals surface area (Å²) in [6.45, 7) is 15.8. The molecule has 1 aliphatic rings. The van der Waals surface area contributed by atoms with Gasteiger partial charge in [0.2, 0.25) is 0 Å². The van der Waals surface area contributed by atoms with Crippen molar-refractivity contribution in [1.82, 2.24) is 0 Å². The maximum atomic E-state index is 6.92. The van der Waals surface area contributed by atoms with Gasteiger partial charge in [-0.05, 0) is 158 Å². The largest absolute Gasteiger partial charge is 0.454 e. The fourth-order valence-corrected chi connectivity index (χ4v) is 9.57. The van der Waals surface area contributed by atoms with Gasteiger partial charge in [-0.1, -0.05) is 133 Å². The zero-order chi connectivity index (χ0) is 42.5. The molecule has 0 unspecified atom stereocenters. The summed E-state index contributed by atoms with van der Waals surface area (Å²) < 4.78 is 6.92. The molecule has 3 heteroatoms. The third kappa shape index (κ3) is 6.18. The highest BCUT2D eigenvalue weighted by molar-refractivity contribution is 6.14. The first kappa shape index (κ1) is 37.9. The highest BCUT2D eigenvalue weighted by Gasteiger charge is 2.27. The fourth-order valence-electron chi connectivity index (χ4n) is 9.57. The Bertz CT molecular complexity index is 3380. The highest BCUT2D eigenvalue weighted by Crippen LogP contribution is 2.52. The van der Waals surface area contributed by atoms with Crippen LogP contribution in [0.5, 0.6) is 0 Å². The minimum absolute atomic E-state index is 0.0354. The van der Waals surface area contributed by atoms with Crippen molar-refractivity contribution in [3.8, 4) is 22.3 Å². The summed E-state index contributed by atoms with van der Waals surface area (Å²) in [5.41, 5.74) is 17.5. The van der Waals surface area contributed by atoms with Crippen LogP contribution in [0.2, 0.25) is 0 Å². The van der Waals surface area contributed by atoms with E-state index < -0.39 is 0 Å². The number of hydrogen-bond donors (Lipinski definition) is 0. The average molecular weight is 803 g/mol. The zero-order valence-corrected chi connectivity index (χ0v) is 36.5. The standard InChI is InChI=1S/C59H50N2O/c1-37-24-27-42(58(2,3)4)36-55(37)61(44-18-12-9-13-19-44)46-29-26-39-33-50-49-32-38-25-28-45(30-40(38)34-51(49)52(50)35-41(39)31-46)60(43-16-10-8-11-17-43)54-23-15-21-48-47-20-14-22-53(59(5,6)7)56(47)62-57(48)54/h8-36H,1-7H3. The molecule has 0 radical (unpaired) electrons. The summed E-state index contributed by atoms with van der Waals surface area (Å²) in [7, 11) is 0. The Morgan fingerprint density at radius 2 is 0.871 bits per heavy atom. The first-order valence-electron chi connectivity index (χ1n) is 21.8. The van der Waals surface area contributed by atoms with E-state index in [9.17, 15) is 0 Å². The number of benzene rings is 9. The first-order chi connectivity index (χ1) is 29.9. The highest BCUT2D eigenvalue weighted by atomic mass is 16.3. The summed E-state index contributed by atoms with van der Waals surface area (Å²) in [6.07, 6.45) is 0. The number of aryl methyl sites for hydroxylation is 1. The van der Waals surface area contributed by atoms with Crippen LogP contribution in [0.4, 0.5) is 34.1 Å². The Labute approximate surface area is 364 Å². The predicted octanol–water partition coefficient (Wildman–Crippen LogP) is 17.4. The predicted molar refractivity (Wildman–Crippen MR) is 265 cm³/mol. The van der Waals surface area contributed by atoms with Crippen LogP contribution in [-0.2, 0) is 10.8 Å². The average Bonchev–Trinajstić information content (AvgIpc) is 3.66. The molecule has 0 fully saturated rings. The molecule has 0 N–H and O–H groups in total. The first-order valence-corrected chi connectivity index (χ1v) is 21.8. The summed E-state index contributed by atoms with van der Waals surface area (Å²) in [6, 6.07) is 64.8. The van der Waals surface area contributed by atoms with E-state index in [1.807, 2.05) is 0 Å². The molecule has 0 bridgehead atoms. The molecule has 3 nitrogen and oxygen atoms in total. The van der Waals surface area contributed by atoms with E-state index in [0.29, 0.717) is 0 Å². The molecule has 0 aliphatic heterocycles. The third-order valence-electron chi connectivity index (χ3n) is 12.9. The molecule has 1 aromatic heterocycles. The Hall–Kier alpha value is -7.10. The summed E-state index contributed by atoms with van der Waals surface area (Å²) in [5, 5.41) is 7.18. The second-order valence-corrected chi connectivity index (χ2v) is 19.1. The maximum Gasteiger partial charge on any atom is 0.159 e. The van der Waals surface area contributed by atoms with Crippen LogP contribution >= 0.6 is 0 Å². The zero-order valence-electron chi connectivity index (χ0n) is 36.5. The second kappa shape index (κ2) is 14.0. The molecular weight excluding hydrogens is 753 g/mol. The number of nitrogens with zero attached hydrogens (tertiary/aromatic N) is 2. The summed E-state index contributed by atoms with van der Waals surface area (Å²) in [5.74, 6) is 0. The van der Waals surface area contributed by atoms with Gasteiger partial charge >= 0.3 is 0 Å². The molecule has 62 heavy (non-hydrogen) atoms. The van der Waals surface area contributed by atoms with Crippen molar-refractivity contribution < 1.29 is 4.42 Å². The summed E-state index contributed by atoms with van der Waals surface area (Å²) >= 11 is 0. The normalized spacial score (nSPS) is 12.4. The number of fused-ring (bicyclic) bond motifs is 9. The van der Waals surface area contributed by atoms with E-state index in [2.05, 4.69) is 234 Å². The molecule has 0 amide bonds. The van der Waals surface area contributed by atoms with Gasteiger partial charge in [0.05, 0.1) is 5.69 Å². The Kier molecular flexibility index (Phi) is 8.53. The van der Waals surface area contributed by atoms with Gasteiger partial charge < -0.3 is 14.2 Å². The topological polar surface area (TPSA) is 19.6 Å². The Morgan fingerprint density at radius 1 is 0.371 bits per heavy atom. The van der Waals surface area contributed by atoms with E-state index in [-0.39, 0.29) is 10.8 Å². The molecule has 1 aliphatic carbocycles. The van der Waals surface area contributed by atoms with Crippen LogP contribution in [0, 0.1) is 6.92 Å². The molecule has 9 aromatic carbocycles. The SMILES string of the molecule is Cc1ccc(C(C)(C)C)cc1N(c1ccccc1)c1ccc2cc3c(cc2c1)-c1cc2cc(N(c4ccccc4)c4cccc5c4oc4c(C(C)(C)C)cccc45)ccc2cc1-3. The molecule has 0 saturated carbocycles. The molecule has 0 atom stereocenters. The van der Waals surface area contributed by atoms with Crippen LogP contribution in [0.15, 0.2) is 180 Å². The van der Waals surface area contributed by atoms with Crippen molar-refractivity contribution in [3.05, 3.63) is 193 Å². The Morgan fingerprint density at radius 3 is 1.40 bits per heavy atom. The lowest BCUT2D eigenvalue weighted by atomic mass is 9.78. The van der Waals surface area contributed by atoms with Gasteiger partial charge in [-0.3, -0.25) is 0 Å². The quantitative estimate of drug-likeness (QED) is 0.167. The number of rotatable bonds is 6. The third-order valence-corrected chi connectivity index (χ3v) is 12.9. The molecular formula is C59H50N2O. The minimum atomic E-state index is -0.0555. The molecule has 1 heterocycles. The lowest BCUT2D eigenvalue weighted by Gasteiger charge is -2.30. The lowest BCUT2D eigenvalue weighted by Crippen LogP contribution is -2.15.